The van der Waals surface area contributed by atoms with Gasteiger partial charge in [-0.05, 0) is 17.7 Å². The third kappa shape index (κ3) is 4.12. The van der Waals surface area contributed by atoms with Crippen LogP contribution in [0.5, 0.6) is 0 Å². The molecule has 2 rings (SSSR count). The minimum Gasteiger partial charge on any atom is -0.383 e. The lowest BCUT2D eigenvalue weighted by Gasteiger charge is -2.09. The Morgan fingerprint density at radius 1 is 1.48 bits per heavy atom. The van der Waals surface area contributed by atoms with Crippen molar-refractivity contribution in [3.63, 3.8) is 0 Å². The maximum Gasteiger partial charge on any atom is 0.140 e. The Kier molecular flexibility index (Phi) is 5.43. The second-order valence-electron chi connectivity index (χ2n) is 4.57. The first-order chi connectivity index (χ1) is 10.2. The van der Waals surface area contributed by atoms with Crippen molar-refractivity contribution in [3.05, 3.63) is 53.4 Å². The second kappa shape index (κ2) is 7.53. The van der Waals surface area contributed by atoms with E-state index in [-0.39, 0.29) is 5.56 Å². The average Bonchev–Trinajstić information content (AvgIpc) is 2.93. The molecule has 1 aromatic heterocycles. The van der Waals surface area contributed by atoms with Crippen molar-refractivity contribution in [1.29, 1.82) is 5.26 Å². The molecule has 21 heavy (non-hydrogen) atoms. The molecule has 5 nitrogen and oxygen atoms in total. The van der Waals surface area contributed by atoms with Gasteiger partial charge in [0.25, 0.3) is 0 Å². The lowest BCUT2D eigenvalue weighted by molar-refractivity contribution is 0.199. The quantitative estimate of drug-likeness (QED) is 0.787. The zero-order valence-electron chi connectivity index (χ0n) is 11.8. The first kappa shape index (κ1) is 15.2. The van der Waals surface area contributed by atoms with Crippen LogP contribution in [0.2, 0.25) is 0 Å². The molecule has 2 aromatic rings. The van der Waals surface area contributed by atoms with Crippen LogP contribution in [0, 0.1) is 17.1 Å². The molecule has 0 aliphatic rings. The molecular weight excluding hydrogens is 271 g/mol. The molecule has 6 heteroatoms. The van der Waals surface area contributed by atoms with Crippen LogP contribution in [-0.4, -0.2) is 29.8 Å². The van der Waals surface area contributed by atoms with Gasteiger partial charge in [-0.2, -0.15) is 5.26 Å². The Hall–Kier alpha value is -2.23. The number of nitriles is 1. The van der Waals surface area contributed by atoms with Gasteiger partial charge < -0.3 is 14.6 Å². The zero-order valence-corrected chi connectivity index (χ0v) is 11.8. The Balaban J connectivity index is 2.03. The summed E-state index contributed by atoms with van der Waals surface area (Å²) in [6.45, 7) is 2.57. The lowest BCUT2D eigenvalue weighted by atomic mass is 10.1. The van der Waals surface area contributed by atoms with Gasteiger partial charge >= 0.3 is 0 Å². The molecule has 1 heterocycles. The lowest BCUT2D eigenvalue weighted by Crippen LogP contribution is -2.21. The summed E-state index contributed by atoms with van der Waals surface area (Å²) in [5, 5.41) is 12.1. The van der Waals surface area contributed by atoms with Crippen molar-refractivity contribution >= 4 is 0 Å². The number of nitrogens with zero attached hydrogens (tertiary/aromatic N) is 3. The van der Waals surface area contributed by atoms with Crippen LogP contribution in [0.3, 0.4) is 0 Å². The molecule has 0 unspecified atom stereocenters. The van der Waals surface area contributed by atoms with Crippen LogP contribution >= 0.6 is 0 Å². The van der Waals surface area contributed by atoms with Gasteiger partial charge in [-0.1, -0.05) is 6.07 Å². The van der Waals surface area contributed by atoms with Gasteiger partial charge in [0.15, 0.2) is 0 Å². The molecule has 0 radical (unpaired) electrons. The van der Waals surface area contributed by atoms with E-state index in [1.807, 2.05) is 16.8 Å². The monoisotopic (exact) mass is 288 g/mol. The highest BCUT2D eigenvalue weighted by Gasteiger charge is 2.06. The molecule has 0 saturated carbocycles. The maximum atomic E-state index is 13.3. The Morgan fingerprint density at radius 2 is 2.33 bits per heavy atom. The summed E-state index contributed by atoms with van der Waals surface area (Å²) in [6.07, 6.45) is 3.59. The van der Waals surface area contributed by atoms with Crippen molar-refractivity contribution < 1.29 is 9.13 Å². The van der Waals surface area contributed by atoms with E-state index in [0.29, 0.717) is 19.7 Å². The van der Waals surface area contributed by atoms with E-state index >= 15 is 0 Å². The Bertz CT molecular complexity index is 633. The second-order valence-corrected chi connectivity index (χ2v) is 4.57. The van der Waals surface area contributed by atoms with Gasteiger partial charge in [0.05, 0.1) is 18.7 Å². The van der Waals surface area contributed by atoms with Gasteiger partial charge in [0.2, 0.25) is 0 Å². The van der Waals surface area contributed by atoms with Crippen LogP contribution < -0.4 is 5.32 Å². The fourth-order valence-electron chi connectivity index (χ4n) is 1.98. The van der Waals surface area contributed by atoms with E-state index in [2.05, 4.69) is 10.3 Å². The van der Waals surface area contributed by atoms with E-state index in [1.165, 1.54) is 6.07 Å². The number of methoxy groups -OCH3 is 1. The maximum absolute atomic E-state index is 13.3. The summed E-state index contributed by atoms with van der Waals surface area (Å²) in [7, 11) is 1.66. The number of halogens is 1. The molecule has 0 fully saturated rings. The SMILES string of the molecule is COCCNCc1nccn1Cc1ccc(F)c(C#N)c1. The topological polar surface area (TPSA) is 62.9 Å². The van der Waals surface area contributed by atoms with Gasteiger partial charge in [0.1, 0.15) is 17.7 Å². The summed E-state index contributed by atoms with van der Waals surface area (Å²) >= 11 is 0. The van der Waals surface area contributed by atoms with E-state index in [4.69, 9.17) is 10.00 Å². The van der Waals surface area contributed by atoms with Crippen LogP contribution in [0.15, 0.2) is 30.6 Å². The number of benzene rings is 1. The highest BCUT2D eigenvalue weighted by Crippen LogP contribution is 2.12. The van der Waals surface area contributed by atoms with Crippen molar-refractivity contribution in [2.45, 2.75) is 13.1 Å². The van der Waals surface area contributed by atoms with E-state index in [0.717, 1.165) is 17.9 Å². The molecule has 0 amide bonds. The zero-order chi connectivity index (χ0) is 15.1. The number of aromatic nitrogens is 2. The highest BCUT2D eigenvalue weighted by molar-refractivity contribution is 5.34. The minimum absolute atomic E-state index is 0.0624. The first-order valence-corrected chi connectivity index (χ1v) is 6.62. The third-order valence-electron chi connectivity index (χ3n) is 3.07. The van der Waals surface area contributed by atoms with E-state index in [9.17, 15) is 4.39 Å². The van der Waals surface area contributed by atoms with Crippen molar-refractivity contribution in [1.82, 2.24) is 14.9 Å². The fraction of sp³-hybridized carbons (Fsp3) is 0.333. The predicted octanol–water partition coefficient (Wildman–Crippen LogP) is 1.68. The number of imidazole rings is 1. The predicted molar refractivity (Wildman–Crippen MR) is 76.0 cm³/mol. The number of nitrogens with one attached hydrogen (secondary N) is 1. The largest absolute Gasteiger partial charge is 0.383 e. The molecule has 1 aromatic carbocycles. The third-order valence-corrected chi connectivity index (χ3v) is 3.07. The van der Waals surface area contributed by atoms with Crippen LogP contribution in [0.1, 0.15) is 17.0 Å². The average molecular weight is 288 g/mol. The van der Waals surface area contributed by atoms with Gasteiger partial charge in [-0.25, -0.2) is 9.37 Å². The Morgan fingerprint density at radius 3 is 3.10 bits per heavy atom. The van der Waals surface area contributed by atoms with E-state index < -0.39 is 5.82 Å². The number of ether oxygens (including phenoxy) is 1. The highest BCUT2D eigenvalue weighted by atomic mass is 19.1. The molecule has 0 spiro atoms. The van der Waals surface area contributed by atoms with Gasteiger partial charge in [-0.3, -0.25) is 0 Å². The van der Waals surface area contributed by atoms with Crippen molar-refractivity contribution in [2.24, 2.45) is 0 Å². The van der Waals surface area contributed by atoms with Crippen molar-refractivity contribution in [2.75, 3.05) is 20.3 Å². The summed E-state index contributed by atoms with van der Waals surface area (Å²) < 4.78 is 20.2. The molecule has 0 aliphatic carbocycles. The van der Waals surface area contributed by atoms with Crippen LogP contribution in [-0.2, 0) is 17.8 Å². The number of hydrogen-bond donors (Lipinski definition) is 1. The molecule has 1 N–H and O–H groups in total. The summed E-state index contributed by atoms with van der Waals surface area (Å²) in [5.74, 6) is 0.391. The standard InChI is InChI=1S/C15H17FN4O/c1-21-7-5-18-10-15-19-4-6-20(15)11-12-2-3-14(16)13(8-12)9-17/h2-4,6,8,18H,5,7,10-11H2,1H3. The molecular formula is C15H17FN4O. The van der Waals surface area contributed by atoms with Crippen LogP contribution in [0.25, 0.3) is 0 Å². The molecule has 0 aliphatic heterocycles. The smallest absolute Gasteiger partial charge is 0.140 e. The van der Waals surface area contributed by atoms with Gasteiger partial charge in [-0.15, -0.1) is 0 Å². The summed E-state index contributed by atoms with van der Waals surface area (Å²) in [5.41, 5.74) is 0.927. The summed E-state index contributed by atoms with van der Waals surface area (Å²) in [4.78, 5) is 4.29. The Labute approximate surface area is 123 Å². The molecule has 110 valence electrons. The molecule has 0 saturated heterocycles. The number of hydrogen-bond acceptors (Lipinski definition) is 4. The van der Waals surface area contributed by atoms with E-state index in [1.54, 1.807) is 25.4 Å². The number of rotatable bonds is 7. The fourth-order valence-corrected chi connectivity index (χ4v) is 1.98. The molecule has 0 atom stereocenters. The van der Waals surface area contributed by atoms with Gasteiger partial charge in [0, 0.05) is 32.6 Å². The summed E-state index contributed by atoms with van der Waals surface area (Å²) in [6, 6.07) is 6.42. The van der Waals surface area contributed by atoms with Crippen molar-refractivity contribution in [3.8, 4) is 6.07 Å². The first-order valence-electron chi connectivity index (χ1n) is 6.62. The molecule has 0 bridgehead atoms. The van der Waals surface area contributed by atoms with Crippen LogP contribution in [0.4, 0.5) is 4.39 Å². The normalized spacial score (nSPS) is 10.5. The minimum atomic E-state index is -0.492.